The zero-order valence-corrected chi connectivity index (χ0v) is 14.9. The Kier molecular flexibility index (Phi) is 14.1. The van der Waals surface area contributed by atoms with Crippen LogP contribution in [0, 0.1) is 0 Å². The van der Waals surface area contributed by atoms with Crippen LogP contribution in [0.4, 0.5) is 0 Å². The Labute approximate surface area is 133 Å². The van der Waals surface area contributed by atoms with Gasteiger partial charge in [0, 0.05) is 14.2 Å². The van der Waals surface area contributed by atoms with E-state index in [0.717, 1.165) is 0 Å². The van der Waals surface area contributed by atoms with E-state index in [-0.39, 0.29) is 30.6 Å². The molecule has 8 nitrogen and oxygen atoms in total. The van der Waals surface area contributed by atoms with Crippen molar-refractivity contribution in [2.45, 2.75) is 18.7 Å². The summed E-state index contributed by atoms with van der Waals surface area (Å²) in [6.07, 6.45) is 0.0717. The van der Waals surface area contributed by atoms with Crippen LogP contribution in [-0.2, 0) is 28.5 Å². The average molecular weight is 322 g/mol. The fourth-order valence-electron chi connectivity index (χ4n) is 1.42. The quantitative estimate of drug-likeness (QED) is 0.450. The molecule has 0 aromatic rings. The second-order valence-electron chi connectivity index (χ2n) is 4.89. The zero-order valence-electron chi connectivity index (χ0n) is 14.9. The summed E-state index contributed by atoms with van der Waals surface area (Å²) in [6.45, 7) is 0.361. The third kappa shape index (κ3) is 10.5. The summed E-state index contributed by atoms with van der Waals surface area (Å²) >= 11 is 0. The minimum Gasteiger partial charge on any atom is -0.469 e. The third-order valence-electron chi connectivity index (χ3n) is 2.84. The molecule has 0 rings (SSSR count). The molecule has 0 N–H and O–H groups in total. The first-order chi connectivity index (χ1) is 10.2. The van der Waals surface area contributed by atoms with Gasteiger partial charge >= 0.3 is 11.9 Å². The molecule has 0 aromatic heterocycles. The Balaban J connectivity index is 0. The Morgan fingerprint density at radius 1 is 0.909 bits per heavy atom. The first-order valence-corrected chi connectivity index (χ1v) is 6.74. The van der Waals surface area contributed by atoms with Gasteiger partial charge in [0.1, 0.15) is 12.3 Å². The molecule has 0 fully saturated rings. The van der Waals surface area contributed by atoms with Crippen molar-refractivity contribution in [1.29, 1.82) is 0 Å². The molecule has 132 valence electrons. The van der Waals surface area contributed by atoms with Gasteiger partial charge in [0.2, 0.25) is 0 Å². The number of hydrogen-bond acceptors (Lipinski definition) is 8. The van der Waals surface area contributed by atoms with Crippen LogP contribution in [0.25, 0.3) is 0 Å². The molecule has 8 heteroatoms. The van der Waals surface area contributed by atoms with E-state index in [1.54, 1.807) is 33.2 Å². The van der Waals surface area contributed by atoms with Crippen LogP contribution in [0.15, 0.2) is 0 Å². The number of likely N-dealkylation sites (N-methyl/N-ethyl adjacent to an activating group) is 1. The third-order valence-corrected chi connectivity index (χ3v) is 2.84. The number of nitrogens with zero attached hydrogens (tertiary/aromatic N) is 2. The summed E-state index contributed by atoms with van der Waals surface area (Å²) in [5.74, 6) is -0.526. The molecule has 0 saturated carbocycles. The molecule has 2 unspecified atom stereocenters. The summed E-state index contributed by atoms with van der Waals surface area (Å²) in [4.78, 5) is 25.3. The fourth-order valence-corrected chi connectivity index (χ4v) is 1.42. The highest BCUT2D eigenvalue weighted by atomic mass is 16.5. The van der Waals surface area contributed by atoms with Gasteiger partial charge in [-0.3, -0.25) is 19.4 Å². The lowest BCUT2D eigenvalue weighted by molar-refractivity contribution is -0.148. The van der Waals surface area contributed by atoms with Crippen LogP contribution in [0.1, 0.15) is 6.42 Å². The Morgan fingerprint density at radius 3 is 1.73 bits per heavy atom. The van der Waals surface area contributed by atoms with Crippen molar-refractivity contribution in [2.75, 3.05) is 63.2 Å². The summed E-state index contributed by atoms with van der Waals surface area (Å²) in [7, 11) is 13.2. The van der Waals surface area contributed by atoms with Gasteiger partial charge in [-0.1, -0.05) is 0 Å². The number of hydrogen-bond donors (Lipinski definition) is 0. The molecule has 22 heavy (non-hydrogen) atoms. The SMILES string of the molecule is COC(=O)CC(OC)N(C)C.COCC(C(=O)OC)N(C)C. The number of rotatable bonds is 8. The van der Waals surface area contributed by atoms with Crippen molar-refractivity contribution < 1.29 is 28.5 Å². The Hall–Kier alpha value is -1.22. The maximum Gasteiger partial charge on any atom is 0.325 e. The molecule has 0 aromatic carbocycles. The fraction of sp³-hybridized carbons (Fsp3) is 0.857. The van der Waals surface area contributed by atoms with E-state index in [9.17, 15) is 9.59 Å². The smallest absolute Gasteiger partial charge is 0.325 e. The Bertz CT molecular complexity index is 310. The van der Waals surface area contributed by atoms with Crippen molar-refractivity contribution in [1.82, 2.24) is 9.80 Å². The van der Waals surface area contributed by atoms with Crippen LogP contribution in [0.2, 0.25) is 0 Å². The standard InChI is InChI=1S/2C7H15NO3/c1-8(2)6(5-10-3)7(9)11-4;1-8(2)6(10-3)5-7(9)11-4/h2*6H,5H2,1-4H3. The second-order valence-corrected chi connectivity index (χ2v) is 4.89. The molecule has 0 saturated heterocycles. The molecule has 0 aliphatic rings. The van der Waals surface area contributed by atoms with Crippen molar-refractivity contribution in [3.63, 3.8) is 0 Å². The van der Waals surface area contributed by atoms with Crippen LogP contribution in [0.3, 0.4) is 0 Å². The van der Waals surface area contributed by atoms with E-state index >= 15 is 0 Å². The van der Waals surface area contributed by atoms with Gasteiger partial charge < -0.3 is 18.9 Å². The summed E-state index contributed by atoms with van der Waals surface area (Å²) in [6, 6.07) is -0.301. The van der Waals surface area contributed by atoms with Gasteiger partial charge in [-0.05, 0) is 28.2 Å². The second kappa shape index (κ2) is 13.4. The summed E-state index contributed by atoms with van der Waals surface area (Å²) < 4.78 is 18.9. The van der Waals surface area contributed by atoms with E-state index in [4.69, 9.17) is 9.47 Å². The molecule has 0 aliphatic heterocycles. The van der Waals surface area contributed by atoms with Crippen molar-refractivity contribution in [2.24, 2.45) is 0 Å². The molecule has 2 atom stereocenters. The molecular weight excluding hydrogens is 292 g/mol. The number of carbonyl (C=O) groups excluding carboxylic acids is 2. The number of carbonyl (C=O) groups is 2. The van der Waals surface area contributed by atoms with Crippen LogP contribution in [0.5, 0.6) is 0 Å². The lowest BCUT2D eigenvalue weighted by atomic mass is 10.3. The molecule has 0 amide bonds. The molecule has 0 spiro atoms. The van der Waals surface area contributed by atoms with E-state index in [1.165, 1.54) is 14.2 Å². The van der Waals surface area contributed by atoms with Crippen LogP contribution >= 0.6 is 0 Å². The highest BCUT2D eigenvalue weighted by molar-refractivity contribution is 5.75. The number of ether oxygens (including phenoxy) is 4. The molecule has 0 radical (unpaired) electrons. The minimum atomic E-state index is -0.301. The average Bonchev–Trinajstić information content (AvgIpc) is 2.49. The summed E-state index contributed by atoms with van der Waals surface area (Å²) in [5, 5.41) is 0. The van der Waals surface area contributed by atoms with Crippen molar-refractivity contribution >= 4 is 11.9 Å². The molecule has 0 aliphatic carbocycles. The van der Waals surface area contributed by atoms with Crippen molar-refractivity contribution in [3.8, 4) is 0 Å². The zero-order chi connectivity index (χ0) is 17.7. The first-order valence-electron chi connectivity index (χ1n) is 6.74. The molecule has 0 heterocycles. The highest BCUT2D eigenvalue weighted by Crippen LogP contribution is 2.00. The predicted molar refractivity (Wildman–Crippen MR) is 82.5 cm³/mol. The van der Waals surface area contributed by atoms with E-state index < -0.39 is 0 Å². The first kappa shape index (κ1) is 23.1. The Morgan fingerprint density at radius 2 is 1.45 bits per heavy atom. The van der Waals surface area contributed by atoms with Gasteiger partial charge in [-0.15, -0.1) is 0 Å². The predicted octanol–water partition coefficient (Wildman–Crippen LogP) is -0.180. The topological polar surface area (TPSA) is 77.5 Å². The van der Waals surface area contributed by atoms with Gasteiger partial charge in [0.05, 0.1) is 27.2 Å². The normalized spacial score (nSPS) is 13.2. The maximum absolute atomic E-state index is 11.0. The largest absolute Gasteiger partial charge is 0.469 e. The van der Waals surface area contributed by atoms with Gasteiger partial charge in [0.15, 0.2) is 0 Å². The highest BCUT2D eigenvalue weighted by Gasteiger charge is 2.20. The molecular formula is C14H30N2O6. The lowest BCUT2D eigenvalue weighted by Gasteiger charge is -2.20. The van der Waals surface area contributed by atoms with E-state index in [0.29, 0.717) is 6.61 Å². The minimum absolute atomic E-state index is 0.192. The lowest BCUT2D eigenvalue weighted by Crippen LogP contribution is -2.40. The van der Waals surface area contributed by atoms with Crippen LogP contribution in [-0.4, -0.2) is 97.2 Å². The molecule has 0 bridgehead atoms. The summed E-state index contributed by atoms with van der Waals surface area (Å²) in [5.41, 5.74) is 0. The van der Waals surface area contributed by atoms with Crippen LogP contribution < -0.4 is 0 Å². The van der Waals surface area contributed by atoms with Gasteiger partial charge in [0.25, 0.3) is 0 Å². The van der Waals surface area contributed by atoms with Crippen molar-refractivity contribution in [3.05, 3.63) is 0 Å². The number of esters is 2. The monoisotopic (exact) mass is 322 g/mol. The van der Waals surface area contributed by atoms with E-state index in [2.05, 4.69) is 9.47 Å². The van der Waals surface area contributed by atoms with Gasteiger partial charge in [-0.25, -0.2) is 0 Å². The maximum atomic E-state index is 11.0. The van der Waals surface area contributed by atoms with E-state index in [1.807, 2.05) is 19.0 Å². The van der Waals surface area contributed by atoms with Gasteiger partial charge in [-0.2, -0.15) is 0 Å². The number of methoxy groups -OCH3 is 4.